The molecule has 1 saturated carbocycles. The van der Waals surface area contributed by atoms with Gasteiger partial charge in [-0.25, -0.2) is 0 Å². The SMILES string of the molecule is CC(C)(C)NC1CCC(OCC(O)CO)CC1. The van der Waals surface area contributed by atoms with Crippen molar-refractivity contribution in [2.75, 3.05) is 13.2 Å². The zero-order chi connectivity index (χ0) is 12.9. The Kier molecular flexibility index (Phi) is 5.86. The summed E-state index contributed by atoms with van der Waals surface area (Å²) in [6.45, 7) is 6.59. The van der Waals surface area contributed by atoms with E-state index in [0.29, 0.717) is 6.04 Å². The highest BCUT2D eigenvalue weighted by molar-refractivity contribution is 4.83. The average molecular weight is 245 g/mol. The number of aliphatic hydroxyl groups is 2. The van der Waals surface area contributed by atoms with E-state index in [0.717, 1.165) is 25.7 Å². The summed E-state index contributed by atoms with van der Waals surface area (Å²) < 4.78 is 5.58. The molecule has 0 aromatic carbocycles. The van der Waals surface area contributed by atoms with Crippen LogP contribution in [0.2, 0.25) is 0 Å². The van der Waals surface area contributed by atoms with Crippen LogP contribution in [0.15, 0.2) is 0 Å². The van der Waals surface area contributed by atoms with E-state index >= 15 is 0 Å². The van der Waals surface area contributed by atoms with Gasteiger partial charge in [0.25, 0.3) is 0 Å². The quantitative estimate of drug-likeness (QED) is 0.677. The summed E-state index contributed by atoms with van der Waals surface area (Å²) in [5.74, 6) is 0. The van der Waals surface area contributed by atoms with Gasteiger partial charge in [-0.15, -0.1) is 0 Å². The summed E-state index contributed by atoms with van der Waals surface area (Å²) in [6, 6.07) is 0.581. The molecule has 0 spiro atoms. The van der Waals surface area contributed by atoms with Gasteiger partial charge in [-0.3, -0.25) is 0 Å². The fraction of sp³-hybridized carbons (Fsp3) is 1.00. The van der Waals surface area contributed by atoms with Crippen molar-refractivity contribution >= 4 is 0 Å². The van der Waals surface area contributed by atoms with Crippen LogP contribution in [0.1, 0.15) is 46.5 Å². The highest BCUT2D eigenvalue weighted by atomic mass is 16.5. The summed E-state index contributed by atoms with van der Waals surface area (Å²) in [4.78, 5) is 0. The third-order valence-corrected chi connectivity index (χ3v) is 3.05. The highest BCUT2D eigenvalue weighted by Gasteiger charge is 2.24. The summed E-state index contributed by atoms with van der Waals surface area (Å²) in [5.41, 5.74) is 0.172. The van der Waals surface area contributed by atoms with Crippen LogP contribution in [0.25, 0.3) is 0 Å². The predicted molar refractivity (Wildman–Crippen MR) is 68.0 cm³/mol. The van der Waals surface area contributed by atoms with Gasteiger partial charge in [0.05, 0.1) is 19.3 Å². The minimum atomic E-state index is -0.736. The van der Waals surface area contributed by atoms with Crippen molar-refractivity contribution in [3.8, 4) is 0 Å². The first-order chi connectivity index (χ1) is 7.90. The van der Waals surface area contributed by atoms with Crippen LogP contribution in [0.4, 0.5) is 0 Å². The van der Waals surface area contributed by atoms with E-state index < -0.39 is 6.10 Å². The minimum absolute atomic E-state index is 0.172. The summed E-state index contributed by atoms with van der Waals surface area (Å²) in [7, 11) is 0. The van der Waals surface area contributed by atoms with Crippen molar-refractivity contribution in [2.24, 2.45) is 0 Å². The Morgan fingerprint density at radius 1 is 1.24 bits per heavy atom. The Morgan fingerprint density at radius 2 is 1.82 bits per heavy atom. The third kappa shape index (κ3) is 6.36. The zero-order valence-corrected chi connectivity index (χ0v) is 11.3. The molecular weight excluding hydrogens is 218 g/mol. The normalized spacial score (nSPS) is 28.1. The fourth-order valence-corrected chi connectivity index (χ4v) is 2.29. The van der Waals surface area contributed by atoms with Crippen molar-refractivity contribution in [2.45, 2.75) is 70.2 Å². The van der Waals surface area contributed by atoms with Gasteiger partial charge >= 0.3 is 0 Å². The number of nitrogens with one attached hydrogen (secondary N) is 1. The van der Waals surface area contributed by atoms with Gasteiger partial charge in [0.1, 0.15) is 6.10 Å². The van der Waals surface area contributed by atoms with E-state index in [2.05, 4.69) is 26.1 Å². The third-order valence-electron chi connectivity index (χ3n) is 3.05. The number of ether oxygens (including phenoxy) is 1. The number of hydrogen-bond acceptors (Lipinski definition) is 4. The number of hydrogen-bond donors (Lipinski definition) is 3. The molecule has 1 atom stereocenters. The summed E-state index contributed by atoms with van der Waals surface area (Å²) in [5, 5.41) is 21.5. The second kappa shape index (κ2) is 6.69. The van der Waals surface area contributed by atoms with Crippen molar-refractivity contribution in [1.29, 1.82) is 0 Å². The zero-order valence-electron chi connectivity index (χ0n) is 11.3. The van der Waals surface area contributed by atoms with Gasteiger partial charge in [0, 0.05) is 11.6 Å². The molecule has 0 aromatic rings. The molecule has 3 N–H and O–H groups in total. The first-order valence-electron chi connectivity index (χ1n) is 6.59. The highest BCUT2D eigenvalue weighted by Crippen LogP contribution is 2.22. The maximum atomic E-state index is 9.21. The van der Waals surface area contributed by atoms with Crippen LogP contribution < -0.4 is 5.32 Å². The lowest BCUT2D eigenvalue weighted by Crippen LogP contribution is -2.46. The molecule has 0 radical (unpaired) electrons. The van der Waals surface area contributed by atoms with E-state index in [1.54, 1.807) is 0 Å². The van der Waals surface area contributed by atoms with E-state index in [4.69, 9.17) is 9.84 Å². The van der Waals surface area contributed by atoms with Crippen molar-refractivity contribution in [3.05, 3.63) is 0 Å². The van der Waals surface area contributed by atoms with Gasteiger partial charge in [0.15, 0.2) is 0 Å². The molecule has 1 fully saturated rings. The molecule has 0 bridgehead atoms. The van der Waals surface area contributed by atoms with Gasteiger partial charge in [-0.1, -0.05) is 0 Å². The van der Waals surface area contributed by atoms with E-state index in [9.17, 15) is 5.11 Å². The molecule has 17 heavy (non-hydrogen) atoms. The first-order valence-corrected chi connectivity index (χ1v) is 6.59. The Morgan fingerprint density at radius 3 is 2.29 bits per heavy atom. The lowest BCUT2D eigenvalue weighted by Gasteiger charge is -2.34. The molecule has 0 amide bonds. The smallest absolute Gasteiger partial charge is 0.100 e. The molecule has 1 unspecified atom stereocenters. The maximum absolute atomic E-state index is 9.21. The molecule has 1 rings (SSSR count). The van der Waals surface area contributed by atoms with E-state index in [1.807, 2.05) is 0 Å². The van der Waals surface area contributed by atoms with E-state index in [1.165, 1.54) is 0 Å². The molecule has 1 aliphatic carbocycles. The van der Waals surface area contributed by atoms with Crippen LogP contribution >= 0.6 is 0 Å². The van der Waals surface area contributed by atoms with Gasteiger partial charge < -0.3 is 20.3 Å². The number of aliphatic hydroxyl groups excluding tert-OH is 2. The Balaban J connectivity index is 2.17. The van der Waals surface area contributed by atoms with Crippen LogP contribution in [0, 0.1) is 0 Å². The lowest BCUT2D eigenvalue weighted by atomic mass is 9.91. The van der Waals surface area contributed by atoms with Gasteiger partial charge in [0.2, 0.25) is 0 Å². The van der Waals surface area contributed by atoms with Crippen LogP contribution in [-0.2, 0) is 4.74 Å². The van der Waals surface area contributed by atoms with Crippen LogP contribution in [0.3, 0.4) is 0 Å². The number of rotatable bonds is 5. The first kappa shape index (κ1) is 14.9. The topological polar surface area (TPSA) is 61.7 Å². The molecular formula is C13H27NO3. The molecule has 0 aliphatic heterocycles. The Hall–Kier alpha value is -0.160. The molecule has 0 saturated heterocycles. The van der Waals surface area contributed by atoms with Crippen molar-refractivity contribution < 1.29 is 14.9 Å². The van der Waals surface area contributed by atoms with Gasteiger partial charge in [-0.05, 0) is 46.5 Å². The second-order valence-corrected chi connectivity index (χ2v) is 6.04. The average Bonchev–Trinajstić information content (AvgIpc) is 2.25. The Labute approximate surface area is 104 Å². The largest absolute Gasteiger partial charge is 0.394 e. The second-order valence-electron chi connectivity index (χ2n) is 6.04. The Bertz CT molecular complexity index is 207. The summed E-state index contributed by atoms with van der Waals surface area (Å²) >= 11 is 0. The molecule has 0 heterocycles. The lowest BCUT2D eigenvalue weighted by molar-refractivity contribution is -0.0427. The maximum Gasteiger partial charge on any atom is 0.100 e. The van der Waals surface area contributed by atoms with Crippen LogP contribution in [0.5, 0.6) is 0 Å². The summed E-state index contributed by atoms with van der Waals surface area (Å²) in [6.07, 6.45) is 3.82. The molecule has 102 valence electrons. The predicted octanol–water partition coefficient (Wildman–Crippen LogP) is 1.06. The minimum Gasteiger partial charge on any atom is -0.394 e. The molecule has 4 heteroatoms. The molecule has 4 nitrogen and oxygen atoms in total. The van der Waals surface area contributed by atoms with Crippen molar-refractivity contribution in [1.82, 2.24) is 5.32 Å². The van der Waals surface area contributed by atoms with Crippen LogP contribution in [-0.4, -0.2) is 47.2 Å². The molecule has 0 aromatic heterocycles. The monoisotopic (exact) mass is 245 g/mol. The van der Waals surface area contributed by atoms with Gasteiger partial charge in [-0.2, -0.15) is 0 Å². The standard InChI is InChI=1S/C13H27NO3/c1-13(2,3)14-10-4-6-12(7-5-10)17-9-11(16)8-15/h10-12,14-16H,4-9H2,1-3H3. The van der Waals surface area contributed by atoms with Crippen molar-refractivity contribution in [3.63, 3.8) is 0 Å². The fourth-order valence-electron chi connectivity index (χ4n) is 2.29. The van der Waals surface area contributed by atoms with E-state index in [-0.39, 0.29) is 24.9 Å². The molecule has 1 aliphatic rings.